The number of sulfone groups is 1. The summed E-state index contributed by atoms with van der Waals surface area (Å²) < 4.78 is 29.5. The van der Waals surface area contributed by atoms with Crippen molar-refractivity contribution in [1.29, 1.82) is 0 Å². The Kier molecular flexibility index (Phi) is 5.14. The van der Waals surface area contributed by atoms with E-state index in [2.05, 4.69) is 0 Å². The van der Waals surface area contributed by atoms with Crippen LogP contribution in [0.3, 0.4) is 0 Å². The van der Waals surface area contributed by atoms with Crippen LogP contribution in [0.15, 0.2) is 0 Å². The van der Waals surface area contributed by atoms with Crippen molar-refractivity contribution in [3.05, 3.63) is 0 Å². The van der Waals surface area contributed by atoms with Gasteiger partial charge in [-0.1, -0.05) is 19.3 Å². The Balaban J connectivity index is 2.09. The van der Waals surface area contributed by atoms with Crippen molar-refractivity contribution in [3.8, 4) is 0 Å². The van der Waals surface area contributed by atoms with Crippen LogP contribution in [0.4, 0.5) is 0 Å². The number of hydrogen-bond acceptors (Lipinski definition) is 4. The highest BCUT2D eigenvalue weighted by atomic mass is 32.2. The summed E-state index contributed by atoms with van der Waals surface area (Å²) in [4.78, 5) is 0. The SMILES string of the molecule is CCOC1(C(O)C2CCCC(S(C)(=O)=O)C2)CCCC1. The van der Waals surface area contributed by atoms with E-state index in [1.54, 1.807) is 0 Å². The number of hydrogen-bond donors (Lipinski definition) is 1. The maximum Gasteiger partial charge on any atom is 0.150 e. The summed E-state index contributed by atoms with van der Waals surface area (Å²) in [6.45, 7) is 2.58. The van der Waals surface area contributed by atoms with E-state index in [1.165, 1.54) is 6.26 Å². The number of aliphatic hydroxyl groups excluding tert-OH is 1. The fraction of sp³-hybridized carbons (Fsp3) is 1.00. The third kappa shape index (κ3) is 3.37. The maximum atomic E-state index is 11.8. The molecule has 0 bridgehead atoms. The lowest BCUT2D eigenvalue weighted by atomic mass is 9.77. The lowest BCUT2D eigenvalue weighted by Gasteiger charge is -2.41. The van der Waals surface area contributed by atoms with Crippen LogP contribution in [0.25, 0.3) is 0 Å². The molecule has 2 fully saturated rings. The van der Waals surface area contributed by atoms with Gasteiger partial charge in [-0.3, -0.25) is 0 Å². The second-order valence-corrected chi connectivity index (χ2v) is 8.85. The predicted octanol–water partition coefficient (Wildman–Crippen LogP) is 2.30. The van der Waals surface area contributed by atoms with Gasteiger partial charge in [-0.15, -0.1) is 0 Å². The van der Waals surface area contributed by atoms with Gasteiger partial charge >= 0.3 is 0 Å². The van der Waals surface area contributed by atoms with E-state index in [4.69, 9.17) is 4.74 Å². The Morgan fingerprint density at radius 3 is 2.45 bits per heavy atom. The molecule has 0 heterocycles. The lowest BCUT2D eigenvalue weighted by molar-refractivity contribution is -0.139. The number of ether oxygens (including phenoxy) is 1. The minimum absolute atomic E-state index is 0.0631. The first kappa shape index (κ1) is 16.2. The molecule has 5 heteroatoms. The molecule has 3 unspecified atom stereocenters. The van der Waals surface area contributed by atoms with E-state index in [9.17, 15) is 13.5 Å². The molecule has 3 atom stereocenters. The Labute approximate surface area is 122 Å². The van der Waals surface area contributed by atoms with Gasteiger partial charge in [0.25, 0.3) is 0 Å². The number of rotatable bonds is 5. The van der Waals surface area contributed by atoms with Crippen molar-refractivity contribution in [2.45, 2.75) is 75.2 Å². The van der Waals surface area contributed by atoms with Gasteiger partial charge in [0.05, 0.1) is 17.0 Å². The van der Waals surface area contributed by atoms with Crippen molar-refractivity contribution in [1.82, 2.24) is 0 Å². The minimum Gasteiger partial charge on any atom is -0.390 e. The first-order valence-electron chi connectivity index (χ1n) is 7.90. The van der Waals surface area contributed by atoms with E-state index in [1.807, 2.05) is 6.92 Å². The summed E-state index contributed by atoms with van der Waals surface area (Å²) in [5, 5.41) is 10.5. The van der Waals surface area contributed by atoms with E-state index < -0.39 is 21.5 Å². The second kappa shape index (κ2) is 6.32. The molecule has 4 nitrogen and oxygen atoms in total. The first-order chi connectivity index (χ1) is 9.39. The van der Waals surface area contributed by atoms with Crippen LogP contribution < -0.4 is 0 Å². The Morgan fingerprint density at radius 1 is 1.25 bits per heavy atom. The topological polar surface area (TPSA) is 63.6 Å². The molecule has 0 aliphatic heterocycles. The molecule has 2 rings (SSSR count). The third-order valence-corrected chi connectivity index (χ3v) is 6.78. The zero-order chi connectivity index (χ0) is 14.8. The van der Waals surface area contributed by atoms with Crippen molar-refractivity contribution in [2.24, 2.45) is 5.92 Å². The van der Waals surface area contributed by atoms with Gasteiger partial charge in [0, 0.05) is 12.9 Å². The summed E-state index contributed by atoms with van der Waals surface area (Å²) in [6, 6.07) is 0. The molecule has 1 N–H and O–H groups in total. The first-order valence-corrected chi connectivity index (χ1v) is 9.85. The molecule has 0 aromatic heterocycles. The normalized spacial score (nSPS) is 32.1. The molecule has 2 saturated carbocycles. The quantitative estimate of drug-likeness (QED) is 0.846. The van der Waals surface area contributed by atoms with Crippen molar-refractivity contribution < 1.29 is 18.3 Å². The summed E-state index contributed by atoms with van der Waals surface area (Å²) in [6.07, 6.45) is 7.94. The van der Waals surface area contributed by atoms with E-state index >= 15 is 0 Å². The van der Waals surface area contributed by atoms with Gasteiger partial charge in [-0.25, -0.2) is 8.42 Å². The molecule has 118 valence electrons. The summed E-state index contributed by atoms with van der Waals surface area (Å²) in [5.41, 5.74) is -0.418. The Hall–Kier alpha value is -0.130. The third-order valence-electron chi connectivity index (χ3n) is 5.14. The second-order valence-electron chi connectivity index (χ2n) is 6.53. The highest BCUT2D eigenvalue weighted by Crippen LogP contribution is 2.42. The lowest BCUT2D eigenvalue weighted by Crippen LogP contribution is -2.48. The summed E-state index contributed by atoms with van der Waals surface area (Å²) >= 11 is 0. The number of aliphatic hydroxyl groups is 1. The van der Waals surface area contributed by atoms with Crippen LogP contribution in [0.5, 0.6) is 0 Å². The Morgan fingerprint density at radius 2 is 1.90 bits per heavy atom. The van der Waals surface area contributed by atoms with Gasteiger partial charge in [0.15, 0.2) is 0 Å². The zero-order valence-electron chi connectivity index (χ0n) is 12.7. The van der Waals surface area contributed by atoms with Crippen molar-refractivity contribution in [3.63, 3.8) is 0 Å². The van der Waals surface area contributed by atoms with E-state index in [0.29, 0.717) is 13.0 Å². The molecule has 2 aliphatic rings. The Bertz CT molecular complexity index is 412. The molecule has 0 aromatic carbocycles. The summed E-state index contributed by atoms with van der Waals surface area (Å²) in [7, 11) is -3.00. The highest BCUT2D eigenvalue weighted by Gasteiger charge is 2.46. The standard InChI is InChI=1S/C15H28O4S/c1-3-19-15(9-4-5-10-15)14(16)12-7-6-8-13(11-12)20(2,17)18/h12-14,16H,3-11H2,1-2H3. The fourth-order valence-corrected chi connectivity index (χ4v) is 5.26. The van der Waals surface area contributed by atoms with Gasteiger partial charge in [-0.05, 0) is 44.9 Å². The molecule has 20 heavy (non-hydrogen) atoms. The minimum atomic E-state index is -3.00. The molecule has 0 spiro atoms. The molecular weight excluding hydrogens is 276 g/mol. The molecule has 2 aliphatic carbocycles. The van der Waals surface area contributed by atoms with Crippen LogP contribution >= 0.6 is 0 Å². The van der Waals surface area contributed by atoms with E-state index in [0.717, 1.165) is 44.9 Å². The molecule has 0 saturated heterocycles. The van der Waals surface area contributed by atoms with Gasteiger partial charge in [-0.2, -0.15) is 0 Å². The molecule has 0 aromatic rings. The zero-order valence-corrected chi connectivity index (χ0v) is 13.5. The largest absolute Gasteiger partial charge is 0.390 e. The van der Waals surface area contributed by atoms with Crippen molar-refractivity contribution >= 4 is 9.84 Å². The van der Waals surface area contributed by atoms with Crippen LogP contribution in [-0.2, 0) is 14.6 Å². The van der Waals surface area contributed by atoms with Crippen molar-refractivity contribution in [2.75, 3.05) is 12.9 Å². The predicted molar refractivity (Wildman–Crippen MR) is 79.4 cm³/mol. The van der Waals surface area contributed by atoms with Crippen LogP contribution in [-0.4, -0.2) is 43.3 Å². The van der Waals surface area contributed by atoms with Gasteiger partial charge in [0.2, 0.25) is 0 Å². The van der Waals surface area contributed by atoms with Crippen LogP contribution in [0, 0.1) is 5.92 Å². The average molecular weight is 304 g/mol. The molecule has 0 radical (unpaired) electrons. The molecule has 0 amide bonds. The van der Waals surface area contributed by atoms with Crippen LogP contribution in [0.1, 0.15) is 58.3 Å². The maximum absolute atomic E-state index is 11.8. The highest BCUT2D eigenvalue weighted by molar-refractivity contribution is 7.91. The average Bonchev–Trinajstić information content (AvgIpc) is 2.87. The fourth-order valence-electron chi connectivity index (χ4n) is 4.07. The van der Waals surface area contributed by atoms with Crippen LogP contribution in [0.2, 0.25) is 0 Å². The summed E-state index contributed by atoms with van der Waals surface area (Å²) in [5.74, 6) is 0.0631. The smallest absolute Gasteiger partial charge is 0.150 e. The van der Waals surface area contributed by atoms with E-state index in [-0.39, 0.29) is 11.2 Å². The molecular formula is C15H28O4S. The van der Waals surface area contributed by atoms with Gasteiger partial charge < -0.3 is 9.84 Å². The van der Waals surface area contributed by atoms with Gasteiger partial charge in [0.1, 0.15) is 9.84 Å². The monoisotopic (exact) mass is 304 g/mol.